The van der Waals surface area contributed by atoms with E-state index in [2.05, 4.69) is 20.8 Å². The number of carbonyl (C=O) groups is 2. The van der Waals surface area contributed by atoms with E-state index in [1.54, 1.807) is 36.9 Å². The topological polar surface area (TPSA) is 98.1 Å². The lowest BCUT2D eigenvalue weighted by atomic mass is 10.1. The Morgan fingerprint density at radius 3 is 2.39 bits per heavy atom. The number of methoxy groups -OCH3 is 1. The normalized spacial score (nSPS) is 11.7. The summed E-state index contributed by atoms with van der Waals surface area (Å²) in [4.78, 5) is 24.7. The zero-order valence-corrected chi connectivity index (χ0v) is 20.6. The number of benzene rings is 2. The summed E-state index contributed by atoms with van der Waals surface area (Å²) in [5, 5.41) is 15.4. The summed E-state index contributed by atoms with van der Waals surface area (Å²) in [6, 6.07) is 11.8. The monoisotopic (exact) mass is 507 g/mol. The first kappa shape index (κ1) is 24.9. The second kappa shape index (κ2) is 11.4. The van der Waals surface area contributed by atoms with Gasteiger partial charge >= 0.3 is 0 Å². The van der Waals surface area contributed by atoms with Crippen molar-refractivity contribution in [3.8, 4) is 5.75 Å². The molecule has 11 heteroatoms. The molecule has 0 bridgehead atoms. The fraction of sp³-hybridized carbons (Fsp3) is 0.273. The molecule has 0 aliphatic heterocycles. The molecular formula is C22H23Cl2N5O3S. The van der Waals surface area contributed by atoms with Crippen LogP contribution in [0.15, 0.2) is 47.6 Å². The van der Waals surface area contributed by atoms with E-state index in [-0.39, 0.29) is 30.0 Å². The summed E-state index contributed by atoms with van der Waals surface area (Å²) < 4.78 is 6.89. The van der Waals surface area contributed by atoms with E-state index in [1.807, 2.05) is 31.2 Å². The molecule has 33 heavy (non-hydrogen) atoms. The standard InChI is InChI=1S/C22H23Cl2N5O3S/c1-13(25-19(30)8-14-4-6-18(32-3)7-5-14)21-27-28-22(29(21)2)33-12-20(31)26-17-10-15(23)9-16(24)11-17/h4-7,9-11,13H,8,12H2,1-3H3,(H,25,30)(H,26,31)/t13-/m1/s1. The third-order valence-electron chi connectivity index (χ3n) is 4.64. The first-order valence-electron chi connectivity index (χ1n) is 9.95. The fourth-order valence-electron chi connectivity index (χ4n) is 3.07. The maximum atomic E-state index is 12.4. The van der Waals surface area contributed by atoms with Gasteiger partial charge in [-0.25, -0.2) is 0 Å². The van der Waals surface area contributed by atoms with Crippen molar-refractivity contribution in [1.82, 2.24) is 20.1 Å². The molecule has 0 saturated carbocycles. The molecule has 0 aliphatic carbocycles. The first-order chi connectivity index (χ1) is 15.7. The number of nitrogens with zero attached hydrogens (tertiary/aromatic N) is 3. The highest BCUT2D eigenvalue weighted by molar-refractivity contribution is 7.99. The van der Waals surface area contributed by atoms with Crippen molar-refractivity contribution in [2.45, 2.75) is 24.5 Å². The van der Waals surface area contributed by atoms with Gasteiger partial charge < -0.3 is 19.9 Å². The maximum Gasteiger partial charge on any atom is 0.234 e. The van der Waals surface area contributed by atoms with Crippen LogP contribution in [0.25, 0.3) is 0 Å². The molecule has 1 heterocycles. The smallest absolute Gasteiger partial charge is 0.234 e. The van der Waals surface area contributed by atoms with Crippen LogP contribution in [0.1, 0.15) is 24.4 Å². The van der Waals surface area contributed by atoms with Gasteiger partial charge in [-0.05, 0) is 42.8 Å². The second-order valence-electron chi connectivity index (χ2n) is 7.21. The minimum Gasteiger partial charge on any atom is -0.497 e. The van der Waals surface area contributed by atoms with Crippen molar-refractivity contribution < 1.29 is 14.3 Å². The number of halogens is 2. The van der Waals surface area contributed by atoms with Gasteiger partial charge in [0.2, 0.25) is 11.8 Å². The number of hydrogen-bond donors (Lipinski definition) is 2. The third kappa shape index (κ3) is 7.12. The van der Waals surface area contributed by atoms with Crippen LogP contribution in [0.5, 0.6) is 5.75 Å². The van der Waals surface area contributed by atoms with Gasteiger partial charge in [0.15, 0.2) is 11.0 Å². The van der Waals surface area contributed by atoms with Gasteiger partial charge in [-0.3, -0.25) is 9.59 Å². The Balaban J connectivity index is 1.53. The predicted octanol–water partition coefficient (Wildman–Crippen LogP) is 4.28. The number of nitrogens with one attached hydrogen (secondary N) is 2. The molecule has 0 spiro atoms. The van der Waals surface area contributed by atoms with Crippen LogP contribution in [-0.2, 0) is 23.1 Å². The lowest BCUT2D eigenvalue weighted by Gasteiger charge is -2.14. The number of ether oxygens (including phenoxy) is 1. The zero-order valence-electron chi connectivity index (χ0n) is 18.3. The van der Waals surface area contributed by atoms with E-state index >= 15 is 0 Å². The molecule has 2 amide bonds. The molecule has 0 fully saturated rings. The number of amides is 2. The Kier molecular flexibility index (Phi) is 8.60. The molecular weight excluding hydrogens is 485 g/mol. The highest BCUT2D eigenvalue weighted by Gasteiger charge is 2.18. The highest BCUT2D eigenvalue weighted by Crippen LogP contribution is 2.24. The summed E-state index contributed by atoms with van der Waals surface area (Å²) >= 11 is 13.1. The molecule has 0 radical (unpaired) electrons. The molecule has 3 rings (SSSR count). The van der Waals surface area contributed by atoms with Crippen LogP contribution < -0.4 is 15.4 Å². The Labute approximate surface area is 206 Å². The van der Waals surface area contributed by atoms with Crippen LogP contribution in [0.3, 0.4) is 0 Å². The van der Waals surface area contributed by atoms with Crippen molar-refractivity contribution in [2.24, 2.45) is 7.05 Å². The summed E-state index contributed by atoms with van der Waals surface area (Å²) in [5.74, 6) is 1.08. The van der Waals surface area contributed by atoms with E-state index in [0.717, 1.165) is 11.3 Å². The van der Waals surface area contributed by atoms with Gasteiger partial charge in [0.25, 0.3) is 0 Å². The van der Waals surface area contributed by atoms with E-state index in [4.69, 9.17) is 27.9 Å². The van der Waals surface area contributed by atoms with Gasteiger partial charge in [0.1, 0.15) is 5.75 Å². The number of rotatable bonds is 9. The second-order valence-corrected chi connectivity index (χ2v) is 9.02. The van der Waals surface area contributed by atoms with Gasteiger partial charge in [-0.1, -0.05) is 47.1 Å². The molecule has 1 atom stereocenters. The first-order valence-corrected chi connectivity index (χ1v) is 11.7. The van der Waals surface area contributed by atoms with Crippen LogP contribution in [-0.4, -0.2) is 39.4 Å². The number of aromatic nitrogens is 3. The van der Waals surface area contributed by atoms with Crippen LogP contribution in [0.4, 0.5) is 5.69 Å². The molecule has 3 aromatic rings. The van der Waals surface area contributed by atoms with E-state index in [0.29, 0.717) is 26.7 Å². The molecule has 2 N–H and O–H groups in total. The average molecular weight is 508 g/mol. The molecule has 8 nitrogen and oxygen atoms in total. The van der Waals surface area contributed by atoms with Gasteiger partial charge in [0.05, 0.1) is 25.3 Å². The lowest BCUT2D eigenvalue weighted by Crippen LogP contribution is -2.29. The van der Waals surface area contributed by atoms with Gasteiger partial charge in [0, 0.05) is 22.8 Å². The van der Waals surface area contributed by atoms with Gasteiger partial charge in [-0.15, -0.1) is 10.2 Å². The van der Waals surface area contributed by atoms with Crippen molar-refractivity contribution in [3.63, 3.8) is 0 Å². The maximum absolute atomic E-state index is 12.4. The van der Waals surface area contributed by atoms with E-state index in [1.165, 1.54) is 11.8 Å². The quantitative estimate of drug-likeness (QED) is 0.419. The molecule has 0 saturated heterocycles. The third-order valence-corrected chi connectivity index (χ3v) is 6.09. The Morgan fingerprint density at radius 1 is 1.09 bits per heavy atom. The van der Waals surface area contributed by atoms with Crippen LogP contribution in [0.2, 0.25) is 10.0 Å². The minimum absolute atomic E-state index is 0.119. The Morgan fingerprint density at radius 2 is 1.76 bits per heavy atom. The van der Waals surface area contributed by atoms with E-state index in [9.17, 15) is 9.59 Å². The van der Waals surface area contributed by atoms with Crippen molar-refractivity contribution in [1.29, 1.82) is 0 Å². The summed E-state index contributed by atoms with van der Waals surface area (Å²) in [6.45, 7) is 1.83. The molecule has 0 unspecified atom stereocenters. The van der Waals surface area contributed by atoms with E-state index < -0.39 is 0 Å². The average Bonchev–Trinajstić information content (AvgIpc) is 3.12. The number of hydrogen-bond acceptors (Lipinski definition) is 6. The summed E-state index contributed by atoms with van der Waals surface area (Å²) in [6.07, 6.45) is 0.238. The van der Waals surface area contributed by atoms with Crippen molar-refractivity contribution >= 4 is 52.5 Å². The largest absolute Gasteiger partial charge is 0.497 e. The summed E-state index contributed by atoms with van der Waals surface area (Å²) in [5.41, 5.74) is 1.40. The SMILES string of the molecule is COc1ccc(CC(=O)N[C@H](C)c2nnc(SCC(=O)Nc3cc(Cl)cc(Cl)c3)n2C)cc1. The number of carbonyl (C=O) groups excluding carboxylic acids is 2. The van der Waals surface area contributed by atoms with Crippen molar-refractivity contribution in [2.75, 3.05) is 18.2 Å². The number of anilines is 1. The summed E-state index contributed by atoms with van der Waals surface area (Å²) in [7, 11) is 3.39. The minimum atomic E-state index is -0.356. The molecule has 1 aromatic heterocycles. The fourth-order valence-corrected chi connectivity index (χ4v) is 4.31. The molecule has 2 aromatic carbocycles. The molecule has 174 valence electrons. The van der Waals surface area contributed by atoms with Crippen LogP contribution >= 0.6 is 35.0 Å². The zero-order chi connectivity index (χ0) is 24.0. The van der Waals surface area contributed by atoms with Gasteiger partial charge in [-0.2, -0.15) is 0 Å². The molecule has 0 aliphatic rings. The van der Waals surface area contributed by atoms with Crippen molar-refractivity contribution in [3.05, 3.63) is 63.9 Å². The Hall–Kier alpha value is -2.75. The van der Waals surface area contributed by atoms with Crippen LogP contribution in [0, 0.1) is 0 Å². The lowest BCUT2D eigenvalue weighted by molar-refractivity contribution is -0.121. The number of thioether (sulfide) groups is 1. The Bertz CT molecular complexity index is 1120. The highest BCUT2D eigenvalue weighted by atomic mass is 35.5. The predicted molar refractivity (Wildman–Crippen MR) is 130 cm³/mol.